The van der Waals surface area contributed by atoms with E-state index in [2.05, 4.69) is 33.9 Å². The summed E-state index contributed by atoms with van der Waals surface area (Å²) < 4.78 is 6.02. The first-order chi connectivity index (χ1) is 8.54. The summed E-state index contributed by atoms with van der Waals surface area (Å²) in [6, 6.07) is -0.371. The van der Waals surface area contributed by atoms with E-state index < -0.39 is 14.4 Å². The normalized spacial score (nSPS) is 20.8. The predicted molar refractivity (Wildman–Crippen MR) is 75.8 cm³/mol. The number of hydrogen-bond acceptors (Lipinski definition) is 3. The smallest absolute Gasteiger partial charge is 0.408 e. The highest BCUT2D eigenvalue weighted by atomic mass is 28.4. The number of amides is 1. The van der Waals surface area contributed by atoms with E-state index in [1.54, 1.807) is 6.08 Å². The summed E-state index contributed by atoms with van der Waals surface area (Å²) in [4.78, 5) is 23.5. The number of carbonyl (C=O) groups is 2. The van der Waals surface area contributed by atoms with Gasteiger partial charge in [0.25, 0.3) is 0 Å². The quantitative estimate of drug-likeness (QED) is 0.809. The molecule has 0 fully saturated rings. The molecule has 0 aromatic heterocycles. The van der Waals surface area contributed by atoms with Gasteiger partial charge in [0.05, 0.1) is 19.2 Å². The molecule has 0 saturated carbocycles. The van der Waals surface area contributed by atoms with Crippen LogP contribution in [0.25, 0.3) is 0 Å². The Hall–Kier alpha value is -1.14. The summed E-state index contributed by atoms with van der Waals surface area (Å²) in [5, 5.41) is 9.19. The zero-order valence-electron chi connectivity index (χ0n) is 12.3. The van der Waals surface area contributed by atoms with E-state index in [1.165, 1.54) is 6.08 Å². The molecule has 1 amide bonds. The molecule has 1 heterocycles. The monoisotopic (exact) mass is 285 g/mol. The highest BCUT2D eigenvalue weighted by Gasteiger charge is 2.38. The van der Waals surface area contributed by atoms with Crippen LogP contribution in [0.4, 0.5) is 4.79 Å². The zero-order valence-corrected chi connectivity index (χ0v) is 13.3. The van der Waals surface area contributed by atoms with Gasteiger partial charge in [-0.2, -0.15) is 0 Å². The SMILES string of the molecule is CC(C)(C)[Si](C)(C)OC[C@@H]1C=CC(=O)CN1C(=O)O. The topological polar surface area (TPSA) is 66.8 Å². The third kappa shape index (κ3) is 3.91. The standard InChI is InChI=1S/C13H23NO4Si/c1-13(2,3)19(4,5)18-9-10-6-7-11(15)8-14(10)12(16)17/h6-7,10H,8-9H2,1-5H3,(H,16,17)/t10-/m0/s1. The van der Waals surface area contributed by atoms with Gasteiger partial charge in [-0.25, -0.2) is 4.79 Å². The van der Waals surface area contributed by atoms with Crippen LogP contribution in [0.3, 0.4) is 0 Å². The molecule has 108 valence electrons. The van der Waals surface area contributed by atoms with Gasteiger partial charge in [0.15, 0.2) is 14.1 Å². The molecule has 0 spiro atoms. The lowest BCUT2D eigenvalue weighted by Gasteiger charge is -2.38. The van der Waals surface area contributed by atoms with Crippen molar-refractivity contribution in [2.45, 2.75) is 44.9 Å². The minimum absolute atomic E-state index is 0.0786. The summed E-state index contributed by atoms with van der Waals surface area (Å²) in [5.41, 5.74) is 0. The molecule has 0 aromatic carbocycles. The molecule has 6 heteroatoms. The average Bonchev–Trinajstić information content (AvgIpc) is 2.25. The molecule has 1 aliphatic heterocycles. The van der Waals surface area contributed by atoms with Crippen LogP contribution in [-0.2, 0) is 9.22 Å². The highest BCUT2D eigenvalue weighted by molar-refractivity contribution is 6.74. The number of rotatable bonds is 3. The molecule has 5 nitrogen and oxygen atoms in total. The maximum absolute atomic E-state index is 11.3. The Labute approximate surface area is 115 Å². The first-order valence-electron chi connectivity index (χ1n) is 6.39. The van der Waals surface area contributed by atoms with E-state index in [4.69, 9.17) is 9.53 Å². The Morgan fingerprint density at radius 1 is 1.53 bits per heavy atom. The Morgan fingerprint density at radius 3 is 2.58 bits per heavy atom. The van der Waals surface area contributed by atoms with Crippen LogP contribution in [0.15, 0.2) is 12.2 Å². The fourth-order valence-corrected chi connectivity index (χ4v) is 2.55. The fraction of sp³-hybridized carbons (Fsp3) is 0.692. The van der Waals surface area contributed by atoms with Gasteiger partial charge in [0, 0.05) is 0 Å². The third-order valence-electron chi connectivity index (χ3n) is 3.90. The maximum atomic E-state index is 11.3. The molecule has 0 saturated heterocycles. The van der Waals surface area contributed by atoms with Crippen molar-refractivity contribution < 1.29 is 19.1 Å². The summed E-state index contributed by atoms with van der Waals surface area (Å²) in [6.07, 6.45) is 1.98. The molecule has 1 rings (SSSR count). The van der Waals surface area contributed by atoms with Crippen molar-refractivity contribution in [3.8, 4) is 0 Å². The molecule has 1 N–H and O–H groups in total. The summed E-state index contributed by atoms with van der Waals surface area (Å²) >= 11 is 0. The van der Waals surface area contributed by atoms with Crippen molar-refractivity contribution >= 4 is 20.2 Å². The zero-order chi connectivity index (χ0) is 14.8. The van der Waals surface area contributed by atoms with Crippen molar-refractivity contribution in [3.05, 3.63) is 12.2 Å². The highest BCUT2D eigenvalue weighted by Crippen LogP contribution is 2.36. The lowest BCUT2D eigenvalue weighted by Crippen LogP contribution is -2.49. The first kappa shape index (κ1) is 15.9. The lowest BCUT2D eigenvalue weighted by atomic mass is 10.1. The molecular weight excluding hydrogens is 262 g/mol. The molecule has 0 bridgehead atoms. The Kier molecular flexibility index (Phi) is 4.57. The van der Waals surface area contributed by atoms with Gasteiger partial charge in [0.2, 0.25) is 0 Å². The van der Waals surface area contributed by atoms with E-state index in [1.807, 2.05) is 0 Å². The minimum atomic E-state index is -1.91. The van der Waals surface area contributed by atoms with Crippen LogP contribution in [0, 0.1) is 0 Å². The second-order valence-corrected chi connectivity index (χ2v) is 11.2. The van der Waals surface area contributed by atoms with E-state index >= 15 is 0 Å². The number of ketones is 1. The van der Waals surface area contributed by atoms with Crippen molar-refractivity contribution in [1.29, 1.82) is 0 Å². The van der Waals surface area contributed by atoms with Crippen molar-refractivity contribution in [2.24, 2.45) is 0 Å². The van der Waals surface area contributed by atoms with Crippen molar-refractivity contribution in [1.82, 2.24) is 4.90 Å². The molecule has 0 radical (unpaired) electrons. The fourth-order valence-electron chi connectivity index (χ4n) is 1.53. The third-order valence-corrected chi connectivity index (χ3v) is 8.40. The summed E-state index contributed by atoms with van der Waals surface area (Å²) in [6.45, 7) is 10.9. The Balaban J connectivity index is 2.73. The van der Waals surface area contributed by atoms with Crippen LogP contribution in [0.1, 0.15) is 20.8 Å². The second-order valence-electron chi connectivity index (χ2n) is 6.37. The molecule has 1 aliphatic rings. The molecule has 1 atom stereocenters. The summed E-state index contributed by atoms with van der Waals surface area (Å²) in [5.74, 6) is -0.189. The van der Waals surface area contributed by atoms with Gasteiger partial charge in [0.1, 0.15) is 0 Å². The first-order valence-corrected chi connectivity index (χ1v) is 9.30. The number of carboxylic acid groups (broad SMARTS) is 1. The van der Waals surface area contributed by atoms with Crippen LogP contribution >= 0.6 is 0 Å². The molecular formula is C13H23NO4Si. The van der Waals surface area contributed by atoms with Gasteiger partial charge in [-0.05, 0) is 24.2 Å². The van der Waals surface area contributed by atoms with E-state index in [0.29, 0.717) is 6.61 Å². The van der Waals surface area contributed by atoms with Crippen LogP contribution in [0.5, 0.6) is 0 Å². The van der Waals surface area contributed by atoms with Gasteiger partial charge >= 0.3 is 6.09 Å². The average molecular weight is 285 g/mol. The van der Waals surface area contributed by atoms with Crippen LogP contribution in [0.2, 0.25) is 18.1 Å². The van der Waals surface area contributed by atoms with E-state index in [0.717, 1.165) is 4.90 Å². The maximum Gasteiger partial charge on any atom is 0.408 e. The van der Waals surface area contributed by atoms with Gasteiger partial charge in [-0.15, -0.1) is 0 Å². The van der Waals surface area contributed by atoms with Gasteiger partial charge in [-0.1, -0.05) is 26.8 Å². The number of hydrogen-bond donors (Lipinski definition) is 1. The van der Waals surface area contributed by atoms with Crippen LogP contribution < -0.4 is 0 Å². The van der Waals surface area contributed by atoms with Crippen molar-refractivity contribution in [3.63, 3.8) is 0 Å². The van der Waals surface area contributed by atoms with E-state index in [-0.39, 0.29) is 23.4 Å². The predicted octanol–water partition coefficient (Wildman–Crippen LogP) is 2.50. The van der Waals surface area contributed by atoms with Crippen LogP contribution in [-0.4, -0.2) is 49.4 Å². The number of nitrogens with zero attached hydrogens (tertiary/aromatic N) is 1. The number of carbonyl (C=O) groups excluding carboxylic acids is 1. The molecule has 0 aromatic rings. The van der Waals surface area contributed by atoms with E-state index in [9.17, 15) is 9.59 Å². The van der Waals surface area contributed by atoms with Crippen molar-refractivity contribution in [2.75, 3.05) is 13.2 Å². The minimum Gasteiger partial charge on any atom is -0.465 e. The van der Waals surface area contributed by atoms with Gasteiger partial charge in [-0.3, -0.25) is 9.69 Å². The van der Waals surface area contributed by atoms with Gasteiger partial charge < -0.3 is 9.53 Å². The Morgan fingerprint density at radius 2 is 2.11 bits per heavy atom. The molecule has 0 aliphatic carbocycles. The molecule has 0 unspecified atom stereocenters. The molecule has 19 heavy (non-hydrogen) atoms. The second kappa shape index (κ2) is 5.46. The summed E-state index contributed by atoms with van der Waals surface area (Å²) in [7, 11) is -1.91. The lowest BCUT2D eigenvalue weighted by molar-refractivity contribution is -0.116. The Bertz CT molecular complexity index is 398. The largest absolute Gasteiger partial charge is 0.465 e.